The van der Waals surface area contributed by atoms with Crippen molar-refractivity contribution in [1.29, 1.82) is 0 Å². The number of hydrogen-bond donors (Lipinski definition) is 1. The summed E-state index contributed by atoms with van der Waals surface area (Å²) in [6, 6.07) is 0.758. The first-order chi connectivity index (χ1) is 5.70. The second-order valence-electron chi connectivity index (χ2n) is 4.79. The van der Waals surface area contributed by atoms with Crippen LogP contribution >= 0.6 is 0 Å². The van der Waals surface area contributed by atoms with Crippen LogP contribution in [0.3, 0.4) is 0 Å². The first-order valence-electron chi connectivity index (χ1n) is 5.12. The molecule has 2 aliphatic rings. The quantitative estimate of drug-likeness (QED) is 0.582. The van der Waals surface area contributed by atoms with E-state index in [-0.39, 0.29) is 0 Å². The third-order valence-electron chi connectivity index (χ3n) is 3.61. The van der Waals surface area contributed by atoms with Crippen LogP contribution in [0.1, 0.15) is 26.2 Å². The molecule has 2 heterocycles. The van der Waals surface area contributed by atoms with E-state index in [4.69, 9.17) is 0 Å². The third kappa shape index (κ3) is 1.50. The van der Waals surface area contributed by atoms with Gasteiger partial charge in [-0.1, -0.05) is 0 Å². The van der Waals surface area contributed by atoms with Gasteiger partial charge < -0.3 is 10.2 Å². The van der Waals surface area contributed by atoms with Gasteiger partial charge in [0.25, 0.3) is 0 Å². The summed E-state index contributed by atoms with van der Waals surface area (Å²) in [5.41, 5.74) is 0.673. The van der Waals surface area contributed by atoms with Gasteiger partial charge in [-0.3, -0.25) is 0 Å². The Labute approximate surface area is 75.3 Å². The van der Waals surface area contributed by atoms with Crippen molar-refractivity contribution in [1.82, 2.24) is 10.2 Å². The maximum atomic E-state index is 3.58. The van der Waals surface area contributed by atoms with E-state index in [9.17, 15) is 0 Å². The minimum Gasteiger partial charge on any atom is -0.314 e. The Morgan fingerprint density at radius 1 is 1.33 bits per heavy atom. The molecule has 0 radical (unpaired) electrons. The molecule has 1 atom stereocenters. The molecular formula is C10H20N2. The Balaban J connectivity index is 1.95. The van der Waals surface area contributed by atoms with Crippen LogP contribution in [0, 0.1) is 5.41 Å². The van der Waals surface area contributed by atoms with Crippen molar-refractivity contribution in [3.63, 3.8) is 0 Å². The molecule has 0 aliphatic carbocycles. The first-order valence-corrected chi connectivity index (χ1v) is 5.12. The molecule has 1 N–H and O–H groups in total. The largest absolute Gasteiger partial charge is 0.314 e. The van der Waals surface area contributed by atoms with Crippen LogP contribution in [0.5, 0.6) is 0 Å². The zero-order valence-corrected chi connectivity index (χ0v) is 8.27. The van der Waals surface area contributed by atoms with E-state index in [2.05, 4.69) is 24.2 Å². The van der Waals surface area contributed by atoms with E-state index in [0.29, 0.717) is 5.41 Å². The molecule has 2 saturated heterocycles. The van der Waals surface area contributed by atoms with E-state index >= 15 is 0 Å². The summed E-state index contributed by atoms with van der Waals surface area (Å²) in [7, 11) is 2.23. The molecule has 70 valence electrons. The average Bonchev–Trinajstić information content (AvgIpc) is 2.40. The van der Waals surface area contributed by atoms with Crippen molar-refractivity contribution in [3.05, 3.63) is 0 Å². The molecule has 0 aromatic carbocycles. The molecule has 0 aromatic heterocycles. The van der Waals surface area contributed by atoms with Crippen molar-refractivity contribution in [2.45, 2.75) is 32.2 Å². The van der Waals surface area contributed by atoms with Gasteiger partial charge >= 0.3 is 0 Å². The lowest BCUT2D eigenvalue weighted by Gasteiger charge is -2.37. The number of likely N-dealkylation sites (tertiary alicyclic amines) is 1. The van der Waals surface area contributed by atoms with Crippen molar-refractivity contribution in [3.8, 4) is 0 Å². The van der Waals surface area contributed by atoms with E-state index < -0.39 is 0 Å². The summed E-state index contributed by atoms with van der Waals surface area (Å²) < 4.78 is 0. The number of nitrogens with one attached hydrogen (secondary N) is 1. The number of hydrogen-bond acceptors (Lipinski definition) is 2. The first kappa shape index (κ1) is 8.52. The second kappa shape index (κ2) is 3.00. The van der Waals surface area contributed by atoms with Gasteiger partial charge in [0.15, 0.2) is 0 Å². The fraction of sp³-hybridized carbons (Fsp3) is 1.00. The van der Waals surface area contributed by atoms with Crippen LogP contribution in [-0.2, 0) is 0 Å². The van der Waals surface area contributed by atoms with E-state index in [1.807, 2.05) is 0 Å². The van der Waals surface area contributed by atoms with E-state index in [1.54, 1.807) is 0 Å². The molecule has 2 fully saturated rings. The Morgan fingerprint density at radius 2 is 2.00 bits per heavy atom. The molecular weight excluding hydrogens is 148 g/mol. The summed E-state index contributed by atoms with van der Waals surface area (Å²) in [5.74, 6) is 0. The SMILES string of the molecule is CC1CC2(CCN(C)CC2)CN1. The summed E-state index contributed by atoms with van der Waals surface area (Å²) in [5, 5.41) is 3.58. The van der Waals surface area contributed by atoms with Crippen LogP contribution in [0.25, 0.3) is 0 Å². The molecule has 2 nitrogen and oxygen atoms in total. The Kier molecular flexibility index (Phi) is 2.13. The fourth-order valence-corrected chi connectivity index (χ4v) is 2.66. The number of piperidine rings is 1. The highest BCUT2D eigenvalue weighted by atomic mass is 15.1. The second-order valence-corrected chi connectivity index (χ2v) is 4.79. The van der Waals surface area contributed by atoms with Crippen LogP contribution < -0.4 is 5.32 Å². The molecule has 2 rings (SSSR count). The van der Waals surface area contributed by atoms with E-state index in [1.165, 1.54) is 38.9 Å². The maximum Gasteiger partial charge on any atom is 0.00447 e. The molecule has 1 spiro atoms. The highest BCUT2D eigenvalue weighted by Gasteiger charge is 2.38. The molecule has 1 unspecified atom stereocenters. The highest BCUT2D eigenvalue weighted by Crippen LogP contribution is 2.38. The van der Waals surface area contributed by atoms with Crippen LogP contribution in [0.15, 0.2) is 0 Å². The number of rotatable bonds is 0. The average molecular weight is 168 g/mol. The van der Waals surface area contributed by atoms with E-state index in [0.717, 1.165) is 6.04 Å². The number of nitrogens with zero attached hydrogens (tertiary/aromatic N) is 1. The van der Waals surface area contributed by atoms with Gasteiger partial charge in [0, 0.05) is 12.6 Å². The normalized spacial score (nSPS) is 36.0. The van der Waals surface area contributed by atoms with Crippen molar-refractivity contribution < 1.29 is 0 Å². The Bertz CT molecular complexity index is 159. The van der Waals surface area contributed by atoms with Crippen LogP contribution in [0.2, 0.25) is 0 Å². The minimum atomic E-state index is 0.673. The van der Waals surface area contributed by atoms with Crippen molar-refractivity contribution in [2.75, 3.05) is 26.7 Å². The lowest BCUT2D eigenvalue weighted by molar-refractivity contribution is 0.138. The van der Waals surface area contributed by atoms with Gasteiger partial charge in [-0.15, -0.1) is 0 Å². The third-order valence-corrected chi connectivity index (χ3v) is 3.61. The standard InChI is InChI=1S/C10H20N2/c1-9-7-10(8-11-9)3-5-12(2)6-4-10/h9,11H,3-8H2,1-2H3. The fourth-order valence-electron chi connectivity index (χ4n) is 2.66. The molecule has 0 bridgehead atoms. The predicted molar refractivity (Wildman–Crippen MR) is 51.2 cm³/mol. The molecule has 2 aliphatic heterocycles. The van der Waals surface area contributed by atoms with Gasteiger partial charge in [-0.05, 0) is 51.7 Å². The monoisotopic (exact) mass is 168 g/mol. The molecule has 0 aromatic rings. The van der Waals surface area contributed by atoms with Crippen molar-refractivity contribution >= 4 is 0 Å². The van der Waals surface area contributed by atoms with Crippen LogP contribution in [-0.4, -0.2) is 37.6 Å². The van der Waals surface area contributed by atoms with Gasteiger partial charge in [0.1, 0.15) is 0 Å². The predicted octanol–water partition coefficient (Wildman–Crippen LogP) is 1.08. The van der Waals surface area contributed by atoms with Gasteiger partial charge in [0.05, 0.1) is 0 Å². The molecule has 12 heavy (non-hydrogen) atoms. The zero-order valence-electron chi connectivity index (χ0n) is 8.27. The summed E-state index contributed by atoms with van der Waals surface area (Å²) in [6.07, 6.45) is 4.21. The molecule has 0 amide bonds. The highest BCUT2D eigenvalue weighted by molar-refractivity contribution is 4.94. The van der Waals surface area contributed by atoms with Crippen molar-refractivity contribution in [2.24, 2.45) is 5.41 Å². The lowest BCUT2D eigenvalue weighted by atomic mass is 9.77. The maximum absolute atomic E-state index is 3.58. The van der Waals surface area contributed by atoms with Gasteiger partial charge in [-0.25, -0.2) is 0 Å². The summed E-state index contributed by atoms with van der Waals surface area (Å²) in [6.45, 7) is 6.18. The van der Waals surface area contributed by atoms with Crippen LogP contribution in [0.4, 0.5) is 0 Å². The lowest BCUT2D eigenvalue weighted by Crippen LogP contribution is -2.39. The summed E-state index contributed by atoms with van der Waals surface area (Å²) in [4.78, 5) is 2.45. The molecule has 2 heteroatoms. The Hall–Kier alpha value is -0.0800. The van der Waals surface area contributed by atoms with Gasteiger partial charge in [0.2, 0.25) is 0 Å². The minimum absolute atomic E-state index is 0.673. The Morgan fingerprint density at radius 3 is 2.50 bits per heavy atom. The smallest absolute Gasteiger partial charge is 0.00447 e. The summed E-state index contributed by atoms with van der Waals surface area (Å²) >= 11 is 0. The molecule has 0 saturated carbocycles. The topological polar surface area (TPSA) is 15.3 Å². The zero-order chi connectivity index (χ0) is 8.60. The van der Waals surface area contributed by atoms with Gasteiger partial charge in [-0.2, -0.15) is 0 Å².